The molecular weight excluding hydrogens is 940 g/mol. The van der Waals surface area contributed by atoms with Crippen molar-refractivity contribution in [1.82, 2.24) is 9.80 Å². The lowest BCUT2D eigenvalue weighted by Gasteiger charge is -2.24. The fraction of sp³-hybridized carbons (Fsp3) is 0.462. The Kier molecular flexibility index (Phi) is 20.0. The normalized spacial score (nSPS) is 13.4. The van der Waals surface area contributed by atoms with E-state index in [-0.39, 0.29) is 0 Å². The Morgan fingerprint density at radius 1 is 0.424 bits per heavy atom. The maximum Gasteiger partial charge on any atom is 0.416 e. The topological polar surface area (TPSA) is 46.9 Å². The van der Waals surface area contributed by atoms with Gasteiger partial charge in [-0.25, -0.2) is 0 Å². The molecule has 6 aromatic carbocycles. The molecule has 2 unspecified atom stereocenters. The van der Waals surface area contributed by atoms with Crippen LogP contribution >= 0.6 is 46.4 Å². The second-order valence-electron chi connectivity index (χ2n) is 17.1. The summed E-state index contributed by atoms with van der Waals surface area (Å²) in [5.74, 6) is 0. The van der Waals surface area contributed by atoms with Crippen LogP contribution in [-0.4, -0.2) is 59.3 Å². The first-order chi connectivity index (χ1) is 31.3. The Morgan fingerprint density at radius 2 is 0.742 bits per heavy atom. The molecule has 0 aliphatic heterocycles. The number of rotatable bonds is 20. The van der Waals surface area contributed by atoms with Crippen LogP contribution in [0.4, 0.5) is 26.3 Å². The highest BCUT2D eigenvalue weighted by Gasteiger charge is 2.32. The summed E-state index contributed by atoms with van der Waals surface area (Å²) >= 11 is 25.2. The van der Waals surface area contributed by atoms with E-state index in [0.717, 1.165) is 115 Å². The smallest absolute Gasteiger partial charge is 0.388 e. The molecule has 2 atom stereocenters. The van der Waals surface area contributed by atoms with E-state index >= 15 is 0 Å². The average molecular weight is 1000 g/mol. The van der Waals surface area contributed by atoms with Crippen LogP contribution in [-0.2, 0) is 12.4 Å². The first-order valence-electron chi connectivity index (χ1n) is 23.0. The maximum absolute atomic E-state index is 13.4. The second-order valence-corrected chi connectivity index (χ2v) is 18.8. The number of halogens is 10. The molecule has 0 aliphatic carbocycles. The molecule has 6 rings (SSSR count). The molecule has 0 heterocycles. The largest absolute Gasteiger partial charge is 0.416 e. The third-order valence-corrected chi connectivity index (χ3v) is 13.2. The Hall–Kier alpha value is -3.06. The van der Waals surface area contributed by atoms with Gasteiger partial charge in [0.2, 0.25) is 0 Å². The average Bonchev–Trinajstić information content (AvgIpc) is 3.27. The van der Waals surface area contributed by atoms with Gasteiger partial charge in [0.25, 0.3) is 0 Å². The predicted octanol–water partition coefficient (Wildman–Crippen LogP) is 17.3. The Morgan fingerprint density at radius 3 is 1.05 bits per heavy atom. The van der Waals surface area contributed by atoms with Crippen molar-refractivity contribution in [2.24, 2.45) is 0 Å². The molecule has 0 spiro atoms. The fourth-order valence-electron chi connectivity index (χ4n) is 8.44. The van der Waals surface area contributed by atoms with Crippen molar-refractivity contribution < 1.29 is 36.6 Å². The highest BCUT2D eigenvalue weighted by molar-refractivity contribution is 6.40. The number of nitrogens with zero attached hydrogens (tertiary/aromatic N) is 2. The standard InChI is InChI=1S/2C26H30Cl2F3NO/c2*1-3-5-10-32(11-6-4-2)12-9-25(33)23-16-22-21(14-18(27)15-24(22)28)20-13-17(26(29,30)31)7-8-19(20)23/h2*7-8,13-16,25,33H,3-6,9-12H2,1-2H3. The summed E-state index contributed by atoms with van der Waals surface area (Å²) in [5.41, 5.74) is -0.323. The molecule has 0 saturated carbocycles. The van der Waals surface area contributed by atoms with Crippen LogP contribution in [0.15, 0.2) is 72.8 Å². The summed E-state index contributed by atoms with van der Waals surface area (Å²) in [7, 11) is 0. The first-order valence-corrected chi connectivity index (χ1v) is 24.5. The van der Waals surface area contributed by atoms with Crippen LogP contribution in [0, 0.1) is 0 Å². The lowest BCUT2D eigenvalue weighted by molar-refractivity contribution is -0.138. The maximum atomic E-state index is 13.4. The number of aliphatic hydroxyl groups is 2. The van der Waals surface area contributed by atoms with Crippen molar-refractivity contribution in [3.05, 3.63) is 115 Å². The van der Waals surface area contributed by atoms with E-state index in [1.807, 2.05) is 0 Å². The molecule has 2 N–H and O–H groups in total. The molecule has 0 amide bonds. The summed E-state index contributed by atoms with van der Waals surface area (Å²) in [6.07, 6.45) is -0.862. The number of alkyl halides is 6. The molecule has 4 nitrogen and oxygen atoms in total. The lowest BCUT2D eigenvalue weighted by Crippen LogP contribution is -2.28. The zero-order chi connectivity index (χ0) is 48.3. The number of benzene rings is 6. The molecule has 6 aromatic rings. The highest BCUT2D eigenvalue weighted by Crippen LogP contribution is 2.42. The summed E-state index contributed by atoms with van der Waals surface area (Å²) in [5, 5.41) is 27.8. The minimum atomic E-state index is -4.48. The molecule has 0 aliphatic rings. The zero-order valence-corrected chi connectivity index (χ0v) is 41.0. The van der Waals surface area contributed by atoms with Crippen molar-refractivity contribution in [2.75, 3.05) is 39.3 Å². The molecule has 14 heteroatoms. The number of hydrogen-bond acceptors (Lipinski definition) is 4. The zero-order valence-electron chi connectivity index (χ0n) is 38.0. The van der Waals surface area contributed by atoms with Crippen LogP contribution < -0.4 is 0 Å². The monoisotopic (exact) mass is 998 g/mol. The van der Waals surface area contributed by atoms with Crippen molar-refractivity contribution in [3.63, 3.8) is 0 Å². The van der Waals surface area contributed by atoms with Crippen molar-refractivity contribution in [2.45, 2.75) is 116 Å². The minimum Gasteiger partial charge on any atom is -0.388 e. The van der Waals surface area contributed by atoms with Crippen molar-refractivity contribution >= 4 is 89.5 Å². The Labute approximate surface area is 404 Å². The molecule has 0 radical (unpaired) electrons. The highest BCUT2D eigenvalue weighted by atomic mass is 35.5. The summed E-state index contributed by atoms with van der Waals surface area (Å²) in [6, 6.07) is 17.2. The van der Waals surface area contributed by atoms with Gasteiger partial charge in [-0.3, -0.25) is 0 Å². The quantitative estimate of drug-likeness (QED) is 0.0591. The minimum absolute atomic E-state index is 0.345. The molecule has 0 saturated heterocycles. The van der Waals surface area contributed by atoms with Gasteiger partial charge in [-0.1, -0.05) is 112 Å². The number of unbranched alkanes of at least 4 members (excludes halogenated alkanes) is 4. The van der Waals surface area contributed by atoms with Gasteiger partial charge in [-0.15, -0.1) is 0 Å². The molecule has 66 heavy (non-hydrogen) atoms. The van der Waals surface area contributed by atoms with Crippen molar-refractivity contribution in [1.29, 1.82) is 0 Å². The SMILES string of the molecule is CCCCN(CCCC)CCC(O)c1cc2c(Cl)cc(Cl)cc2c2cc(C(F)(F)F)ccc12.CCCCN(CCCC)CCC(O)c1cc2c(Cl)cc(Cl)cc2c2cc(C(F)(F)F)ccc12. The Bertz CT molecular complexity index is 2360. The van der Waals surface area contributed by atoms with E-state index in [0.29, 0.717) is 87.1 Å². The molecule has 0 aromatic heterocycles. The van der Waals surface area contributed by atoms with Crippen LogP contribution in [0.5, 0.6) is 0 Å². The molecule has 0 fully saturated rings. The number of hydrogen-bond donors (Lipinski definition) is 2. The summed E-state index contributed by atoms with van der Waals surface area (Å²) in [6.45, 7) is 13.9. The van der Waals surface area contributed by atoms with Crippen molar-refractivity contribution in [3.8, 4) is 0 Å². The summed E-state index contributed by atoms with van der Waals surface area (Å²) in [4.78, 5) is 4.71. The van der Waals surface area contributed by atoms with E-state index < -0.39 is 35.7 Å². The predicted molar refractivity (Wildman–Crippen MR) is 265 cm³/mol. The van der Waals surface area contributed by atoms with E-state index in [4.69, 9.17) is 46.4 Å². The van der Waals surface area contributed by atoms with Crippen LogP contribution in [0.25, 0.3) is 43.1 Å². The first kappa shape index (κ1) is 53.9. The third-order valence-electron chi connectivity index (χ3n) is 12.2. The third kappa shape index (κ3) is 14.0. The van der Waals surface area contributed by atoms with Gasteiger partial charge in [0.15, 0.2) is 0 Å². The molecule has 0 bridgehead atoms. The van der Waals surface area contributed by atoms with Gasteiger partial charge < -0.3 is 20.0 Å². The van der Waals surface area contributed by atoms with Crippen LogP contribution in [0.2, 0.25) is 20.1 Å². The number of aliphatic hydroxyl groups excluding tert-OH is 2. The summed E-state index contributed by atoms with van der Waals surface area (Å²) < 4.78 is 80.6. The van der Waals surface area contributed by atoms with Crippen LogP contribution in [0.1, 0.15) is 126 Å². The van der Waals surface area contributed by atoms with Gasteiger partial charge in [0, 0.05) is 44.0 Å². The lowest BCUT2D eigenvalue weighted by atomic mass is 9.92. The molecule has 360 valence electrons. The second kappa shape index (κ2) is 24.5. The van der Waals surface area contributed by atoms with Gasteiger partial charge in [-0.05, 0) is 169 Å². The fourth-order valence-corrected chi connectivity index (χ4v) is 9.53. The molecular formula is C52H60Cl4F6N2O2. The number of fused-ring (bicyclic) bond motifs is 6. The van der Waals surface area contributed by atoms with Gasteiger partial charge in [0.05, 0.1) is 23.3 Å². The van der Waals surface area contributed by atoms with E-state index in [1.165, 1.54) is 12.1 Å². The Balaban J connectivity index is 0.000000247. The van der Waals surface area contributed by atoms with Gasteiger partial charge >= 0.3 is 12.4 Å². The van der Waals surface area contributed by atoms with Gasteiger partial charge in [0.1, 0.15) is 0 Å². The van der Waals surface area contributed by atoms with E-state index in [9.17, 15) is 36.6 Å². The van der Waals surface area contributed by atoms with E-state index in [2.05, 4.69) is 37.5 Å². The van der Waals surface area contributed by atoms with Crippen LogP contribution in [0.3, 0.4) is 0 Å². The van der Waals surface area contributed by atoms with Gasteiger partial charge in [-0.2, -0.15) is 26.3 Å². The van der Waals surface area contributed by atoms with E-state index in [1.54, 1.807) is 36.4 Å².